The van der Waals surface area contributed by atoms with Crippen molar-refractivity contribution in [2.24, 2.45) is 11.7 Å². The molecule has 0 radical (unpaired) electrons. The first kappa shape index (κ1) is 15.7. The van der Waals surface area contributed by atoms with Crippen molar-refractivity contribution in [2.75, 3.05) is 32.7 Å². The molecule has 106 valence electrons. The predicted octanol–water partition coefficient (Wildman–Crippen LogP) is 1.09. The maximum atomic E-state index is 12.0. The van der Waals surface area contributed by atoms with Crippen LogP contribution in [0.1, 0.15) is 33.1 Å². The number of carbonyl (C=O) groups excluding carboxylic acids is 1. The van der Waals surface area contributed by atoms with Crippen LogP contribution >= 0.6 is 12.4 Å². The molecule has 18 heavy (non-hydrogen) atoms. The van der Waals surface area contributed by atoms with Crippen molar-refractivity contribution in [3.05, 3.63) is 0 Å². The second kappa shape index (κ2) is 6.22. The predicted molar refractivity (Wildman–Crippen MR) is 75.9 cm³/mol. The third-order valence-corrected chi connectivity index (χ3v) is 3.46. The van der Waals surface area contributed by atoms with Gasteiger partial charge in [-0.25, -0.2) is 0 Å². The van der Waals surface area contributed by atoms with E-state index < -0.39 is 0 Å². The van der Waals surface area contributed by atoms with Crippen LogP contribution in [-0.4, -0.2) is 54.0 Å². The summed E-state index contributed by atoms with van der Waals surface area (Å²) >= 11 is 0. The Morgan fingerprint density at radius 2 is 1.89 bits per heavy atom. The lowest BCUT2D eigenvalue weighted by molar-refractivity contribution is -0.132. The number of nitrogens with two attached hydrogens (primary N) is 1. The lowest BCUT2D eigenvalue weighted by Crippen LogP contribution is -2.46. The molecule has 1 saturated carbocycles. The molecule has 2 fully saturated rings. The molecule has 4 nitrogen and oxygen atoms in total. The third-order valence-electron chi connectivity index (χ3n) is 3.46. The van der Waals surface area contributed by atoms with Crippen LogP contribution in [0, 0.1) is 5.92 Å². The summed E-state index contributed by atoms with van der Waals surface area (Å²) in [7, 11) is 0. The van der Waals surface area contributed by atoms with Crippen LogP contribution in [0.5, 0.6) is 0 Å². The van der Waals surface area contributed by atoms with Crippen LogP contribution in [0.15, 0.2) is 0 Å². The highest BCUT2D eigenvalue weighted by Crippen LogP contribution is 2.31. The van der Waals surface area contributed by atoms with E-state index in [0.717, 1.165) is 52.0 Å². The number of rotatable bonds is 3. The van der Waals surface area contributed by atoms with E-state index in [9.17, 15) is 4.79 Å². The fraction of sp³-hybridized carbons (Fsp3) is 0.923. The van der Waals surface area contributed by atoms with Gasteiger partial charge in [-0.3, -0.25) is 9.69 Å². The molecule has 1 amide bonds. The number of halogens is 1. The normalized spacial score (nSPS) is 22.3. The molecule has 2 N–H and O–H groups in total. The van der Waals surface area contributed by atoms with Crippen molar-refractivity contribution < 1.29 is 4.79 Å². The summed E-state index contributed by atoms with van der Waals surface area (Å²) in [5.74, 6) is 0.742. The first-order valence-electron chi connectivity index (χ1n) is 6.76. The average Bonchev–Trinajstić information content (AvgIpc) is 3.01. The summed E-state index contributed by atoms with van der Waals surface area (Å²) < 4.78 is 0. The van der Waals surface area contributed by atoms with Crippen molar-refractivity contribution in [2.45, 2.75) is 38.6 Å². The molecule has 1 aliphatic carbocycles. The molecule has 0 aromatic heterocycles. The Bertz CT molecular complexity index is 286. The summed E-state index contributed by atoms with van der Waals surface area (Å²) in [6, 6.07) is 0. The van der Waals surface area contributed by atoms with Crippen LogP contribution in [0.2, 0.25) is 0 Å². The molecule has 0 aromatic rings. The minimum atomic E-state index is -0.143. The van der Waals surface area contributed by atoms with Crippen molar-refractivity contribution in [3.63, 3.8) is 0 Å². The Morgan fingerprint density at radius 1 is 1.22 bits per heavy atom. The minimum absolute atomic E-state index is 0. The fourth-order valence-corrected chi connectivity index (χ4v) is 2.51. The van der Waals surface area contributed by atoms with Crippen molar-refractivity contribution in [1.29, 1.82) is 0 Å². The van der Waals surface area contributed by atoms with E-state index in [1.165, 1.54) is 0 Å². The Balaban J connectivity index is 0.00000162. The summed E-state index contributed by atoms with van der Waals surface area (Å²) in [6.45, 7) is 8.88. The lowest BCUT2D eigenvalue weighted by Gasteiger charge is -2.28. The van der Waals surface area contributed by atoms with Crippen molar-refractivity contribution >= 4 is 18.3 Å². The topological polar surface area (TPSA) is 49.6 Å². The zero-order valence-electron chi connectivity index (χ0n) is 11.5. The van der Waals surface area contributed by atoms with Crippen LogP contribution < -0.4 is 5.73 Å². The second-order valence-electron chi connectivity index (χ2n) is 6.22. The van der Waals surface area contributed by atoms with E-state index in [4.69, 9.17) is 5.73 Å². The van der Waals surface area contributed by atoms with Gasteiger partial charge in [0.15, 0.2) is 0 Å². The van der Waals surface area contributed by atoms with Gasteiger partial charge in [0, 0.05) is 37.6 Å². The maximum absolute atomic E-state index is 12.0. The molecule has 1 heterocycles. The number of hydrogen-bond donors (Lipinski definition) is 1. The number of carbonyl (C=O) groups is 1. The molecular formula is C13H26ClN3O. The molecule has 0 atom stereocenters. The van der Waals surface area contributed by atoms with Crippen molar-refractivity contribution in [3.8, 4) is 0 Å². The van der Waals surface area contributed by atoms with Crippen LogP contribution in [0.4, 0.5) is 0 Å². The zero-order valence-corrected chi connectivity index (χ0v) is 12.3. The van der Waals surface area contributed by atoms with Gasteiger partial charge in [-0.15, -0.1) is 12.4 Å². The van der Waals surface area contributed by atoms with Crippen LogP contribution in [0.3, 0.4) is 0 Å². The highest BCUT2D eigenvalue weighted by molar-refractivity contribution is 5.85. The standard InChI is InChI=1S/C13H25N3O.ClH/c1-13(2,14)10-15-6-3-7-16(9-8-15)12(17)11-4-5-11;/h11H,3-10,14H2,1-2H3;1H. The van der Waals surface area contributed by atoms with Gasteiger partial charge in [-0.05, 0) is 39.7 Å². The van der Waals surface area contributed by atoms with Gasteiger partial charge in [-0.1, -0.05) is 0 Å². The van der Waals surface area contributed by atoms with Gasteiger partial charge in [0.1, 0.15) is 0 Å². The number of hydrogen-bond acceptors (Lipinski definition) is 3. The quantitative estimate of drug-likeness (QED) is 0.839. The van der Waals surface area contributed by atoms with E-state index >= 15 is 0 Å². The first-order chi connectivity index (χ1) is 7.96. The Kier molecular flexibility index (Phi) is 5.44. The fourth-order valence-electron chi connectivity index (χ4n) is 2.51. The largest absolute Gasteiger partial charge is 0.341 e. The lowest BCUT2D eigenvalue weighted by atomic mass is 10.1. The van der Waals surface area contributed by atoms with E-state index in [1.54, 1.807) is 0 Å². The van der Waals surface area contributed by atoms with Crippen LogP contribution in [-0.2, 0) is 4.79 Å². The second-order valence-corrected chi connectivity index (χ2v) is 6.22. The SMILES string of the molecule is CC(C)(N)CN1CCCN(C(=O)C2CC2)CC1.Cl. The van der Waals surface area contributed by atoms with E-state index in [0.29, 0.717) is 11.8 Å². The number of amides is 1. The summed E-state index contributed by atoms with van der Waals surface area (Å²) in [6.07, 6.45) is 3.29. The van der Waals surface area contributed by atoms with E-state index in [-0.39, 0.29) is 17.9 Å². The van der Waals surface area contributed by atoms with Gasteiger partial charge in [-0.2, -0.15) is 0 Å². The maximum Gasteiger partial charge on any atom is 0.225 e. The molecule has 2 aliphatic rings. The Labute approximate surface area is 116 Å². The smallest absolute Gasteiger partial charge is 0.225 e. The summed E-state index contributed by atoms with van der Waals surface area (Å²) in [5.41, 5.74) is 5.90. The first-order valence-corrected chi connectivity index (χ1v) is 6.76. The molecule has 0 unspecified atom stereocenters. The molecule has 1 aliphatic heterocycles. The molecule has 0 spiro atoms. The monoisotopic (exact) mass is 275 g/mol. The average molecular weight is 276 g/mol. The van der Waals surface area contributed by atoms with Gasteiger partial charge >= 0.3 is 0 Å². The van der Waals surface area contributed by atoms with Gasteiger partial charge < -0.3 is 10.6 Å². The molecular weight excluding hydrogens is 250 g/mol. The highest BCUT2D eigenvalue weighted by Gasteiger charge is 2.34. The third kappa shape index (κ3) is 4.75. The van der Waals surface area contributed by atoms with Gasteiger partial charge in [0.25, 0.3) is 0 Å². The van der Waals surface area contributed by atoms with Gasteiger partial charge in [0.05, 0.1) is 0 Å². The van der Waals surface area contributed by atoms with E-state index in [1.807, 2.05) is 0 Å². The minimum Gasteiger partial charge on any atom is -0.341 e. The molecule has 0 bridgehead atoms. The Hall–Kier alpha value is -0.320. The molecule has 1 saturated heterocycles. The Morgan fingerprint density at radius 3 is 2.44 bits per heavy atom. The highest BCUT2D eigenvalue weighted by atomic mass is 35.5. The number of nitrogens with zero attached hydrogens (tertiary/aromatic N) is 2. The summed E-state index contributed by atoms with van der Waals surface area (Å²) in [4.78, 5) is 16.4. The van der Waals surface area contributed by atoms with Crippen LogP contribution in [0.25, 0.3) is 0 Å². The molecule has 2 rings (SSSR count). The summed E-state index contributed by atoms with van der Waals surface area (Å²) in [5, 5.41) is 0. The van der Waals surface area contributed by atoms with E-state index in [2.05, 4.69) is 23.6 Å². The molecule has 0 aromatic carbocycles. The van der Waals surface area contributed by atoms with Gasteiger partial charge in [0.2, 0.25) is 5.91 Å². The molecule has 5 heteroatoms. The van der Waals surface area contributed by atoms with Crippen molar-refractivity contribution in [1.82, 2.24) is 9.80 Å². The zero-order chi connectivity index (χ0) is 12.5.